The molecule has 3 N–H and O–H groups in total. The van der Waals surface area contributed by atoms with Crippen molar-refractivity contribution < 1.29 is 0 Å². The van der Waals surface area contributed by atoms with Crippen molar-refractivity contribution in [3.8, 4) is 0 Å². The van der Waals surface area contributed by atoms with Crippen LogP contribution in [0.25, 0.3) is 0 Å². The van der Waals surface area contributed by atoms with Crippen molar-refractivity contribution in [2.45, 2.75) is 24.3 Å². The third-order valence-corrected chi connectivity index (χ3v) is 4.43. The molecule has 1 atom stereocenters. The van der Waals surface area contributed by atoms with Gasteiger partial charge in [0.2, 0.25) is 0 Å². The van der Waals surface area contributed by atoms with E-state index in [1.165, 1.54) is 5.69 Å². The van der Waals surface area contributed by atoms with Gasteiger partial charge in [0.1, 0.15) is 0 Å². The quantitative estimate of drug-likeness (QED) is 0.489. The van der Waals surface area contributed by atoms with E-state index in [2.05, 4.69) is 22.7 Å². The monoisotopic (exact) mass is 310 g/mol. The van der Waals surface area contributed by atoms with Crippen LogP contribution in [0.2, 0.25) is 5.02 Å². The Morgan fingerprint density at radius 3 is 2.85 bits per heavy atom. The van der Waals surface area contributed by atoms with Gasteiger partial charge in [-0.3, -0.25) is 16.0 Å². The highest BCUT2D eigenvalue weighted by Crippen LogP contribution is 2.22. The predicted octanol–water partition coefficient (Wildman–Crippen LogP) is 2.55. The number of halogens is 1. The summed E-state index contributed by atoms with van der Waals surface area (Å²) < 4.78 is 1.91. The Kier molecular flexibility index (Phi) is 5.48. The van der Waals surface area contributed by atoms with Crippen LogP contribution in [-0.2, 0) is 13.5 Å². The summed E-state index contributed by atoms with van der Waals surface area (Å²) >= 11 is 7.72. The highest BCUT2D eigenvalue weighted by molar-refractivity contribution is 7.99. The molecular weight excluding hydrogens is 292 g/mol. The predicted molar refractivity (Wildman–Crippen MR) is 84.9 cm³/mol. The zero-order valence-corrected chi connectivity index (χ0v) is 13.2. The summed E-state index contributed by atoms with van der Waals surface area (Å²) in [7, 11) is 1.96. The van der Waals surface area contributed by atoms with Gasteiger partial charge in [-0.25, -0.2) is 0 Å². The number of hydrazine groups is 1. The van der Waals surface area contributed by atoms with Crippen molar-refractivity contribution in [2.24, 2.45) is 12.9 Å². The van der Waals surface area contributed by atoms with Crippen LogP contribution in [0.1, 0.15) is 11.4 Å². The van der Waals surface area contributed by atoms with Gasteiger partial charge in [0.15, 0.2) is 0 Å². The first-order valence-electron chi connectivity index (χ1n) is 6.42. The number of aryl methyl sites for hydroxylation is 2. The zero-order valence-electron chi connectivity index (χ0n) is 11.6. The van der Waals surface area contributed by atoms with E-state index >= 15 is 0 Å². The Morgan fingerprint density at radius 2 is 2.25 bits per heavy atom. The first-order chi connectivity index (χ1) is 9.58. The summed E-state index contributed by atoms with van der Waals surface area (Å²) in [5.41, 5.74) is 5.08. The second kappa shape index (κ2) is 7.13. The number of thioether (sulfide) groups is 1. The van der Waals surface area contributed by atoms with E-state index in [-0.39, 0.29) is 6.04 Å². The van der Waals surface area contributed by atoms with Crippen molar-refractivity contribution in [2.75, 3.05) is 5.75 Å². The topological polar surface area (TPSA) is 55.9 Å². The fourth-order valence-corrected chi connectivity index (χ4v) is 3.28. The van der Waals surface area contributed by atoms with Gasteiger partial charge in [-0.2, -0.15) is 5.10 Å². The van der Waals surface area contributed by atoms with E-state index in [1.807, 2.05) is 36.9 Å². The van der Waals surface area contributed by atoms with E-state index < -0.39 is 0 Å². The first-order valence-corrected chi connectivity index (χ1v) is 7.79. The number of benzene rings is 1. The summed E-state index contributed by atoms with van der Waals surface area (Å²) in [5.74, 6) is 6.53. The molecule has 0 fully saturated rings. The summed E-state index contributed by atoms with van der Waals surface area (Å²) in [4.78, 5) is 1.15. The Morgan fingerprint density at radius 1 is 1.45 bits per heavy atom. The molecule has 0 aliphatic heterocycles. The number of nitrogens with one attached hydrogen (secondary N) is 1. The van der Waals surface area contributed by atoms with Crippen LogP contribution in [0, 0.1) is 6.92 Å². The standard InChI is InChI=1S/C14H19ClN4S/c1-10-6-13(19(2)18-10)8-12(17-16)9-20-14-5-3-4-11(15)7-14/h3-7,12,17H,8-9,16H2,1-2H3. The van der Waals surface area contributed by atoms with E-state index in [1.54, 1.807) is 11.8 Å². The van der Waals surface area contributed by atoms with Crippen LogP contribution in [0.15, 0.2) is 35.2 Å². The second-order valence-corrected chi connectivity index (χ2v) is 6.27. The van der Waals surface area contributed by atoms with Crippen molar-refractivity contribution in [1.29, 1.82) is 0 Å². The normalized spacial score (nSPS) is 12.6. The molecule has 2 aromatic rings. The molecule has 0 spiro atoms. The van der Waals surface area contributed by atoms with Crippen LogP contribution in [0.3, 0.4) is 0 Å². The largest absolute Gasteiger partial charge is 0.272 e. The van der Waals surface area contributed by atoms with Gasteiger partial charge in [-0.1, -0.05) is 17.7 Å². The summed E-state index contributed by atoms with van der Waals surface area (Å²) in [5, 5.41) is 5.11. The molecule has 20 heavy (non-hydrogen) atoms. The molecule has 0 aliphatic carbocycles. The minimum atomic E-state index is 0.189. The van der Waals surface area contributed by atoms with Crippen molar-refractivity contribution in [3.63, 3.8) is 0 Å². The van der Waals surface area contributed by atoms with Gasteiger partial charge in [0.25, 0.3) is 0 Å². The van der Waals surface area contributed by atoms with Gasteiger partial charge < -0.3 is 0 Å². The maximum absolute atomic E-state index is 5.98. The SMILES string of the molecule is Cc1cc(CC(CSc2cccc(Cl)c2)NN)n(C)n1. The molecule has 108 valence electrons. The lowest BCUT2D eigenvalue weighted by Gasteiger charge is -2.15. The lowest BCUT2D eigenvalue weighted by Crippen LogP contribution is -2.39. The highest BCUT2D eigenvalue weighted by Gasteiger charge is 2.12. The van der Waals surface area contributed by atoms with E-state index in [0.717, 1.165) is 27.8 Å². The summed E-state index contributed by atoms with van der Waals surface area (Å²) in [6.45, 7) is 2.00. The van der Waals surface area contributed by atoms with Crippen molar-refractivity contribution >= 4 is 23.4 Å². The zero-order chi connectivity index (χ0) is 14.5. The van der Waals surface area contributed by atoms with Crippen LogP contribution in [0.4, 0.5) is 0 Å². The molecule has 4 nitrogen and oxygen atoms in total. The molecule has 0 bridgehead atoms. The molecule has 0 saturated heterocycles. The maximum atomic E-state index is 5.98. The summed E-state index contributed by atoms with van der Waals surface area (Å²) in [6.07, 6.45) is 0.849. The Balaban J connectivity index is 1.94. The molecule has 6 heteroatoms. The minimum Gasteiger partial charge on any atom is -0.272 e. The van der Waals surface area contributed by atoms with E-state index in [9.17, 15) is 0 Å². The third kappa shape index (κ3) is 4.24. The molecular formula is C14H19ClN4S. The van der Waals surface area contributed by atoms with Gasteiger partial charge in [0, 0.05) is 40.9 Å². The van der Waals surface area contributed by atoms with Crippen LogP contribution < -0.4 is 11.3 Å². The van der Waals surface area contributed by atoms with Gasteiger partial charge in [-0.15, -0.1) is 11.8 Å². The molecule has 1 unspecified atom stereocenters. The molecule has 0 radical (unpaired) electrons. The number of nitrogens with two attached hydrogens (primary N) is 1. The molecule has 0 saturated carbocycles. The summed E-state index contributed by atoms with van der Waals surface area (Å²) in [6, 6.07) is 10.1. The minimum absolute atomic E-state index is 0.189. The Labute approximate surface area is 128 Å². The van der Waals surface area contributed by atoms with Crippen LogP contribution in [-0.4, -0.2) is 21.6 Å². The van der Waals surface area contributed by atoms with Gasteiger partial charge >= 0.3 is 0 Å². The first kappa shape index (κ1) is 15.4. The van der Waals surface area contributed by atoms with Crippen LogP contribution >= 0.6 is 23.4 Å². The lowest BCUT2D eigenvalue weighted by atomic mass is 10.2. The second-order valence-electron chi connectivity index (χ2n) is 4.74. The lowest BCUT2D eigenvalue weighted by molar-refractivity contribution is 0.551. The number of nitrogens with zero attached hydrogens (tertiary/aromatic N) is 2. The van der Waals surface area contributed by atoms with Crippen LogP contribution in [0.5, 0.6) is 0 Å². The van der Waals surface area contributed by atoms with E-state index in [4.69, 9.17) is 17.4 Å². The number of rotatable bonds is 6. The average molecular weight is 311 g/mol. The number of hydrogen-bond donors (Lipinski definition) is 2. The smallest absolute Gasteiger partial charge is 0.0596 e. The van der Waals surface area contributed by atoms with Gasteiger partial charge in [0.05, 0.1) is 5.69 Å². The average Bonchev–Trinajstić information content (AvgIpc) is 2.72. The Bertz CT molecular complexity index is 570. The molecule has 0 aliphatic rings. The molecule has 2 rings (SSSR count). The number of hydrogen-bond acceptors (Lipinski definition) is 4. The molecule has 0 amide bonds. The maximum Gasteiger partial charge on any atom is 0.0596 e. The van der Waals surface area contributed by atoms with E-state index in [0.29, 0.717) is 0 Å². The fraction of sp³-hybridized carbons (Fsp3) is 0.357. The Hall–Kier alpha value is -1.01. The van der Waals surface area contributed by atoms with Crippen molar-refractivity contribution in [3.05, 3.63) is 46.7 Å². The number of aromatic nitrogens is 2. The third-order valence-electron chi connectivity index (χ3n) is 3.04. The van der Waals surface area contributed by atoms with Crippen molar-refractivity contribution in [1.82, 2.24) is 15.2 Å². The molecule has 1 aromatic heterocycles. The van der Waals surface area contributed by atoms with Gasteiger partial charge in [-0.05, 0) is 31.2 Å². The molecule has 1 heterocycles. The molecule has 1 aromatic carbocycles. The fourth-order valence-electron chi connectivity index (χ4n) is 2.03. The highest BCUT2D eigenvalue weighted by atomic mass is 35.5.